The third-order valence-corrected chi connectivity index (χ3v) is 7.00. The minimum atomic E-state index is -0.962. The van der Waals surface area contributed by atoms with Crippen molar-refractivity contribution in [3.63, 3.8) is 0 Å². The van der Waals surface area contributed by atoms with E-state index in [1.807, 2.05) is 30.5 Å². The van der Waals surface area contributed by atoms with E-state index in [4.69, 9.17) is 5.11 Å². The van der Waals surface area contributed by atoms with Gasteiger partial charge in [0.25, 0.3) is 0 Å². The van der Waals surface area contributed by atoms with Gasteiger partial charge >= 0.3 is 5.97 Å². The van der Waals surface area contributed by atoms with Crippen LogP contribution in [0, 0.1) is 5.92 Å². The molecule has 0 spiro atoms. The Morgan fingerprint density at radius 2 is 1.87 bits per heavy atom. The number of halogens is 1. The number of carboxylic acids is 1. The molecule has 0 fully saturated rings. The van der Waals surface area contributed by atoms with Crippen molar-refractivity contribution < 1.29 is 14.7 Å². The fourth-order valence-electron chi connectivity index (χ4n) is 3.35. The first-order chi connectivity index (χ1) is 14.2. The first-order valence-electron chi connectivity index (χ1n) is 9.85. The summed E-state index contributed by atoms with van der Waals surface area (Å²) in [4.78, 5) is 28.5. The van der Waals surface area contributed by atoms with Crippen LogP contribution in [0.4, 0.5) is 0 Å². The number of carbonyl (C=O) groups is 2. The average Bonchev–Trinajstić information content (AvgIpc) is 3.06. The molecule has 0 radical (unpaired) electrons. The first-order valence-corrected chi connectivity index (χ1v) is 11.5. The average molecular weight is 489 g/mol. The van der Waals surface area contributed by atoms with Crippen molar-refractivity contribution in [1.29, 1.82) is 0 Å². The van der Waals surface area contributed by atoms with Crippen molar-refractivity contribution in [3.05, 3.63) is 52.8 Å². The van der Waals surface area contributed by atoms with E-state index in [0.29, 0.717) is 5.16 Å². The first kappa shape index (κ1) is 22.6. The number of hydrogen-bond acceptors (Lipinski definition) is 4. The lowest BCUT2D eigenvalue weighted by Crippen LogP contribution is -2.31. The second kappa shape index (κ2) is 8.94. The monoisotopic (exact) mass is 488 g/mol. The van der Waals surface area contributed by atoms with Crippen molar-refractivity contribution in [2.24, 2.45) is 5.92 Å². The molecule has 2 aromatic carbocycles. The highest BCUT2D eigenvalue weighted by atomic mass is 79.9. The number of nitrogens with zero attached hydrogens (tertiary/aromatic N) is 2. The zero-order chi connectivity index (χ0) is 22.1. The van der Waals surface area contributed by atoms with Crippen LogP contribution in [0.5, 0.6) is 0 Å². The number of thioether (sulfide) groups is 1. The van der Waals surface area contributed by atoms with Crippen molar-refractivity contribution in [2.45, 2.75) is 50.4 Å². The number of ketones is 1. The second-order valence-electron chi connectivity index (χ2n) is 7.82. The van der Waals surface area contributed by atoms with E-state index in [0.717, 1.165) is 22.1 Å². The van der Waals surface area contributed by atoms with Gasteiger partial charge in [-0.1, -0.05) is 55.9 Å². The Morgan fingerprint density at radius 3 is 2.50 bits per heavy atom. The minimum Gasteiger partial charge on any atom is -0.481 e. The van der Waals surface area contributed by atoms with E-state index in [9.17, 15) is 9.59 Å². The lowest BCUT2D eigenvalue weighted by atomic mass is 9.97. The molecule has 1 aromatic heterocycles. The zero-order valence-corrected chi connectivity index (χ0v) is 19.9. The maximum Gasteiger partial charge on any atom is 0.306 e. The van der Waals surface area contributed by atoms with Gasteiger partial charge in [-0.3, -0.25) is 14.2 Å². The Hall–Kier alpha value is -2.12. The van der Waals surface area contributed by atoms with Crippen LogP contribution in [-0.4, -0.2) is 31.2 Å². The Balaban J connectivity index is 2.02. The molecule has 7 heteroatoms. The quantitative estimate of drug-likeness (QED) is 0.399. The molecule has 1 unspecified atom stereocenters. The molecule has 1 N–H and O–H groups in total. The van der Waals surface area contributed by atoms with Crippen LogP contribution in [-0.2, 0) is 16.0 Å². The van der Waals surface area contributed by atoms with Gasteiger partial charge in [0, 0.05) is 11.8 Å². The molecule has 0 saturated heterocycles. The molecule has 3 aromatic rings. The molecular formula is C23H25BrN2O3S. The van der Waals surface area contributed by atoms with E-state index in [-0.39, 0.29) is 12.2 Å². The van der Waals surface area contributed by atoms with Gasteiger partial charge in [0.15, 0.2) is 5.16 Å². The van der Waals surface area contributed by atoms with Crippen molar-refractivity contribution in [1.82, 2.24) is 9.55 Å². The van der Waals surface area contributed by atoms with Gasteiger partial charge in [-0.15, -0.1) is 0 Å². The summed E-state index contributed by atoms with van der Waals surface area (Å²) < 4.78 is 1.98. The fraction of sp³-hybridized carbons (Fsp3) is 0.348. The third kappa shape index (κ3) is 4.47. The topological polar surface area (TPSA) is 72.2 Å². The normalized spacial score (nSPS) is 12.8. The van der Waals surface area contributed by atoms with E-state index < -0.39 is 16.6 Å². The van der Waals surface area contributed by atoms with Gasteiger partial charge in [0.2, 0.25) is 0 Å². The van der Waals surface area contributed by atoms with E-state index in [2.05, 4.69) is 52.1 Å². The molecule has 3 rings (SSSR count). The minimum absolute atomic E-state index is 0.00859. The van der Waals surface area contributed by atoms with Gasteiger partial charge in [-0.2, -0.15) is 0 Å². The zero-order valence-electron chi connectivity index (χ0n) is 17.5. The highest BCUT2D eigenvalue weighted by Crippen LogP contribution is 2.38. The summed E-state index contributed by atoms with van der Waals surface area (Å²) in [7, 11) is 0. The van der Waals surface area contributed by atoms with Crippen LogP contribution >= 0.6 is 27.7 Å². The molecule has 0 aliphatic carbocycles. The molecule has 1 atom stereocenters. The molecule has 0 aliphatic rings. The molecule has 1 heterocycles. The summed E-state index contributed by atoms with van der Waals surface area (Å²) in [5, 5.41) is 12.1. The number of aromatic nitrogens is 2. The molecule has 5 nitrogen and oxygen atoms in total. The van der Waals surface area contributed by atoms with Gasteiger partial charge in [0.05, 0.1) is 22.5 Å². The smallest absolute Gasteiger partial charge is 0.306 e. The summed E-state index contributed by atoms with van der Waals surface area (Å²) in [6.45, 7) is 7.33. The maximum atomic E-state index is 12.8. The van der Waals surface area contributed by atoms with Crippen LogP contribution in [0.15, 0.2) is 52.4 Å². The molecular weight excluding hydrogens is 464 g/mol. The number of carboxylic acid groups (broad SMARTS) is 1. The molecule has 30 heavy (non-hydrogen) atoms. The van der Waals surface area contributed by atoms with Gasteiger partial charge in [-0.25, -0.2) is 4.98 Å². The largest absolute Gasteiger partial charge is 0.481 e. The summed E-state index contributed by atoms with van der Waals surface area (Å²) in [6.07, 6.45) is 2.66. The Labute approximate surface area is 189 Å². The number of benzene rings is 2. The third-order valence-electron chi connectivity index (χ3n) is 5.23. The number of carbonyl (C=O) groups excluding carboxylic acids is 1. The lowest BCUT2D eigenvalue weighted by Gasteiger charge is -2.24. The Morgan fingerprint density at radius 1 is 1.20 bits per heavy atom. The fourth-order valence-corrected chi connectivity index (χ4v) is 4.98. The van der Waals surface area contributed by atoms with Crippen LogP contribution in [0.2, 0.25) is 0 Å². The second-order valence-corrected chi connectivity index (χ2v) is 10.2. The number of Topliss-reactive ketones (excluding diaryl/α,β-unsaturated/α-hetero) is 1. The molecule has 158 valence electrons. The van der Waals surface area contributed by atoms with Crippen molar-refractivity contribution in [2.75, 3.05) is 0 Å². The summed E-state index contributed by atoms with van der Waals surface area (Å²) >= 11 is 4.95. The van der Waals surface area contributed by atoms with Crippen LogP contribution in [0.3, 0.4) is 0 Å². The number of aryl methyl sites for hydroxylation is 1. The van der Waals surface area contributed by atoms with E-state index in [1.165, 1.54) is 22.7 Å². The van der Waals surface area contributed by atoms with Crippen LogP contribution in [0.25, 0.3) is 16.5 Å². The standard InChI is InChI=1S/C23H25BrN2O3S/c1-5-15-10-11-18(17-9-7-6-8-16(15)17)26-20(24)13-25-22(26)30-23(3,4)19(27)12-14(2)21(28)29/h6-11,13-14H,5,12H2,1-4H3,(H,28,29). The molecule has 0 bridgehead atoms. The summed E-state index contributed by atoms with van der Waals surface area (Å²) in [5.74, 6) is -1.79. The van der Waals surface area contributed by atoms with Gasteiger partial charge in [0.1, 0.15) is 10.4 Å². The Bertz CT molecular complexity index is 1110. The van der Waals surface area contributed by atoms with Gasteiger partial charge < -0.3 is 5.11 Å². The molecule has 0 amide bonds. The SMILES string of the molecule is CCc1ccc(-n2c(Br)cnc2SC(C)(C)C(=O)CC(C)C(=O)O)c2ccccc12. The van der Waals surface area contributed by atoms with Gasteiger partial charge in [-0.05, 0) is 53.2 Å². The predicted octanol–water partition coefficient (Wildman–Crippen LogP) is 5.90. The van der Waals surface area contributed by atoms with Crippen molar-refractivity contribution in [3.8, 4) is 5.69 Å². The Kier molecular flexibility index (Phi) is 6.72. The molecule has 0 saturated carbocycles. The lowest BCUT2D eigenvalue weighted by molar-refractivity contribution is -0.143. The van der Waals surface area contributed by atoms with Crippen LogP contribution < -0.4 is 0 Å². The number of fused-ring (bicyclic) bond motifs is 1. The van der Waals surface area contributed by atoms with E-state index in [1.54, 1.807) is 13.1 Å². The summed E-state index contributed by atoms with van der Waals surface area (Å²) in [6, 6.07) is 12.5. The number of rotatable bonds is 8. The predicted molar refractivity (Wildman–Crippen MR) is 125 cm³/mol. The highest BCUT2D eigenvalue weighted by Gasteiger charge is 2.33. The van der Waals surface area contributed by atoms with E-state index >= 15 is 0 Å². The maximum absolute atomic E-state index is 12.8. The number of hydrogen-bond donors (Lipinski definition) is 1. The molecule has 0 aliphatic heterocycles. The summed E-state index contributed by atoms with van der Waals surface area (Å²) in [5.41, 5.74) is 2.26. The number of imidazole rings is 1. The number of aliphatic carboxylic acids is 1. The highest BCUT2D eigenvalue weighted by molar-refractivity contribution is 9.10. The van der Waals surface area contributed by atoms with Crippen molar-refractivity contribution >= 4 is 50.2 Å². The van der Waals surface area contributed by atoms with Crippen LogP contribution in [0.1, 0.15) is 39.7 Å².